The molecule has 1 spiro atoms. The molecule has 1 fully saturated rings. The van der Waals surface area contributed by atoms with Gasteiger partial charge in [-0.2, -0.15) is 13.2 Å². The van der Waals surface area contributed by atoms with Crippen LogP contribution >= 0.6 is 11.3 Å². The molecule has 4 rings (SSSR count). The number of thiophene rings is 1. The Bertz CT molecular complexity index is 735. The quantitative estimate of drug-likeness (QED) is 0.766. The molecule has 0 aromatic carbocycles. The summed E-state index contributed by atoms with van der Waals surface area (Å²) in [5, 5.41) is 2.10. The highest BCUT2D eigenvalue weighted by Crippen LogP contribution is 2.44. The van der Waals surface area contributed by atoms with E-state index in [1.807, 2.05) is 4.90 Å². The predicted molar refractivity (Wildman–Crippen MR) is 86.3 cm³/mol. The van der Waals surface area contributed by atoms with Gasteiger partial charge in [-0.15, -0.1) is 11.3 Å². The summed E-state index contributed by atoms with van der Waals surface area (Å²) in [4.78, 5) is 7.43. The van der Waals surface area contributed by atoms with Crippen molar-refractivity contribution in [1.29, 1.82) is 0 Å². The molecule has 3 nitrogen and oxygen atoms in total. The first-order chi connectivity index (χ1) is 11.5. The van der Waals surface area contributed by atoms with Crippen LogP contribution in [0.3, 0.4) is 0 Å². The molecule has 2 aromatic rings. The summed E-state index contributed by atoms with van der Waals surface area (Å²) in [5.74, 6) is 0.390. The highest BCUT2D eigenvalue weighted by atomic mass is 32.1. The number of rotatable bonds is 1. The molecule has 1 saturated heterocycles. The third kappa shape index (κ3) is 2.69. The molecule has 0 unspecified atom stereocenters. The van der Waals surface area contributed by atoms with Gasteiger partial charge >= 0.3 is 6.18 Å². The fourth-order valence-corrected chi connectivity index (χ4v) is 4.59. The Morgan fingerprint density at radius 1 is 1.21 bits per heavy atom. The van der Waals surface area contributed by atoms with Gasteiger partial charge in [0.25, 0.3) is 0 Å². The van der Waals surface area contributed by atoms with Crippen molar-refractivity contribution in [3.05, 3.63) is 45.8 Å². The molecule has 2 aliphatic rings. The molecule has 4 heterocycles. The number of pyridine rings is 1. The fraction of sp³-hybridized carbons (Fsp3) is 0.471. The molecule has 0 saturated carbocycles. The second-order valence-electron chi connectivity index (χ2n) is 6.24. The van der Waals surface area contributed by atoms with E-state index >= 15 is 0 Å². The van der Waals surface area contributed by atoms with E-state index in [-0.39, 0.29) is 5.60 Å². The number of aromatic nitrogens is 1. The second kappa shape index (κ2) is 5.74. The van der Waals surface area contributed by atoms with Crippen molar-refractivity contribution >= 4 is 17.2 Å². The predicted octanol–water partition coefficient (Wildman–Crippen LogP) is 4.23. The van der Waals surface area contributed by atoms with Gasteiger partial charge in [-0.05, 0) is 42.0 Å². The van der Waals surface area contributed by atoms with Gasteiger partial charge in [0, 0.05) is 30.6 Å². The molecular formula is C17H17F3N2OS. The lowest BCUT2D eigenvalue weighted by atomic mass is 9.82. The highest BCUT2D eigenvalue weighted by molar-refractivity contribution is 7.10. The van der Waals surface area contributed by atoms with E-state index in [1.54, 1.807) is 11.3 Å². The number of alkyl halides is 3. The number of hydrogen-bond donors (Lipinski definition) is 0. The normalized spacial score (nSPS) is 20.2. The van der Waals surface area contributed by atoms with Gasteiger partial charge in [-0.3, -0.25) is 0 Å². The minimum atomic E-state index is -4.34. The monoisotopic (exact) mass is 354 g/mol. The Labute approximate surface area is 142 Å². The van der Waals surface area contributed by atoms with E-state index in [4.69, 9.17) is 4.74 Å². The summed E-state index contributed by atoms with van der Waals surface area (Å²) < 4.78 is 44.8. The Morgan fingerprint density at radius 2 is 2.00 bits per heavy atom. The largest absolute Gasteiger partial charge is 0.416 e. The Hall–Kier alpha value is -1.60. The van der Waals surface area contributed by atoms with Gasteiger partial charge in [0.2, 0.25) is 0 Å². The van der Waals surface area contributed by atoms with Crippen LogP contribution in [0.25, 0.3) is 0 Å². The van der Waals surface area contributed by atoms with Crippen LogP contribution in [0.4, 0.5) is 19.0 Å². The highest BCUT2D eigenvalue weighted by Gasteiger charge is 2.41. The standard InChI is InChI=1S/C17H17F3N2OS/c18-17(19,20)12-1-6-21-15(11-12)22-7-4-16(5-8-22)13-3-10-24-14(13)2-9-23-16/h1,3,6,10-11H,2,4-5,7-9H2. The summed E-state index contributed by atoms with van der Waals surface area (Å²) in [7, 11) is 0. The molecule has 2 aromatic heterocycles. The molecule has 24 heavy (non-hydrogen) atoms. The number of nitrogens with zero attached hydrogens (tertiary/aromatic N) is 2. The number of fused-ring (bicyclic) bond motifs is 2. The third-order valence-electron chi connectivity index (χ3n) is 4.91. The Kier molecular flexibility index (Phi) is 3.80. The van der Waals surface area contributed by atoms with E-state index in [0.717, 1.165) is 38.0 Å². The molecule has 7 heteroatoms. The number of piperidine rings is 1. The van der Waals surface area contributed by atoms with Crippen molar-refractivity contribution in [3.8, 4) is 0 Å². The molecule has 128 valence electrons. The molecule has 0 N–H and O–H groups in total. The van der Waals surface area contributed by atoms with Gasteiger partial charge in [-0.25, -0.2) is 4.98 Å². The van der Waals surface area contributed by atoms with Gasteiger partial charge in [0.15, 0.2) is 0 Å². The zero-order valence-electron chi connectivity index (χ0n) is 13.0. The van der Waals surface area contributed by atoms with E-state index in [0.29, 0.717) is 18.9 Å². The lowest BCUT2D eigenvalue weighted by Crippen LogP contribution is -2.46. The fourth-order valence-electron chi connectivity index (χ4n) is 3.64. The molecule has 0 radical (unpaired) electrons. The van der Waals surface area contributed by atoms with Crippen LogP contribution in [0.2, 0.25) is 0 Å². The zero-order valence-corrected chi connectivity index (χ0v) is 13.8. The first kappa shape index (κ1) is 15.9. The zero-order chi connectivity index (χ0) is 16.8. The average Bonchev–Trinajstić information content (AvgIpc) is 3.05. The topological polar surface area (TPSA) is 25.4 Å². The van der Waals surface area contributed by atoms with E-state index < -0.39 is 11.7 Å². The number of anilines is 1. The van der Waals surface area contributed by atoms with Crippen molar-refractivity contribution < 1.29 is 17.9 Å². The van der Waals surface area contributed by atoms with E-state index in [2.05, 4.69) is 16.4 Å². The summed E-state index contributed by atoms with van der Waals surface area (Å²) >= 11 is 1.76. The smallest absolute Gasteiger partial charge is 0.370 e. The summed E-state index contributed by atoms with van der Waals surface area (Å²) in [6.45, 7) is 2.00. The minimum Gasteiger partial charge on any atom is -0.370 e. The maximum absolute atomic E-state index is 12.9. The number of halogens is 3. The van der Waals surface area contributed by atoms with Gasteiger partial charge < -0.3 is 9.64 Å². The molecule has 2 aliphatic heterocycles. The van der Waals surface area contributed by atoms with Gasteiger partial charge in [0.05, 0.1) is 17.8 Å². The summed E-state index contributed by atoms with van der Waals surface area (Å²) in [6.07, 6.45) is -0.611. The van der Waals surface area contributed by atoms with Crippen molar-refractivity contribution in [2.24, 2.45) is 0 Å². The molecular weight excluding hydrogens is 337 g/mol. The lowest BCUT2D eigenvalue weighted by Gasteiger charge is -2.44. The van der Waals surface area contributed by atoms with Gasteiger partial charge in [-0.1, -0.05) is 0 Å². The van der Waals surface area contributed by atoms with Crippen molar-refractivity contribution in [1.82, 2.24) is 4.98 Å². The summed E-state index contributed by atoms with van der Waals surface area (Å²) in [6, 6.07) is 4.28. The summed E-state index contributed by atoms with van der Waals surface area (Å²) in [5.41, 5.74) is 0.350. The van der Waals surface area contributed by atoms with Crippen LogP contribution in [0.1, 0.15) is 28.8 Å². The first-order valence-electron chi connectivity index (χ1n) is 7.97. The van der Waals surface area contributed by atoms with Crippen LogP contribution in [0.15, 0.2) is 29.8 Å². The number of hydrogen-bond acceptors (Lipinski definition) is 4. The Balaban J connectivity index is 1.54. The first-order valence-corrected chi connectivity index (χ1v) is 8.85. The van der Waals surface area contributed by atoms with Crippen LogP contribution < -0.4 is 4.90 Å². The average molecular weight is 354 g/mol. The molecule has 0 aliphatic carbocycles. The van der Waals surface area contributed by atoms with Crippen molar-refractivity contribution in [2.45, 2.75) is 31.0 Å². The van der Waals surface area contributed by atoms with Crippen molar-refractivity contribution in [2.75, 3.05) is 24.6 Å². The number of ether oxygens (including phenoxy) is 1. The SMILES string of the molecule is FC(F)(F)c1ccnc(N2CCC3(CC2)OCCc2sccc23)c1. The van der Waals surface area contributed by atoms with Crippen LogP contribution in [0, 0.1) is 0 Å². The Morgan fingerprint density at radius 3 is 2.75 bits per heavy atom. The van der Waals surface area contributed by atoms with E-state index in [1.165, 1.54) is 16.6 Å². The van der Waals surface area contributed by atoms with Crippen molar-refractivity contribution in [3.63, 3.8) is 0 Å². The molecule has 0 amide bonds. The lowest BCUT2D eigenvalue weighted by molar-refractivity contribution is -0.137. The molecule has 0 bridgehead atoms. The minimum absolute atomic E-state index is 0.272. The van der Waals surface area contributed by atoms with Gasteiger partial charge in [0.1, 0.15) is 5.82 Å². The maximum atomic E-state index is 12.9. The van der Waals surface area contributed by atoms with Crippen LogP contribution in [0.5, 0.6) is 0 Å². The third-order valence-corrected chi connectivity index (χ3v) is 5.89. The second-order valence-corrected chi connectivity index (χ2v) is 7.24. The van der Waals surface area contributed by atoms with Crippen LogP contribution in [-0.4, -0.2) is 24.7 Å². The van der Waals surface area contributed by atoms with E-state index in [9.17, 15) is 13.2 Å². The van der Waals surface area contributed by atoms with Crippen LogP contribution in [-0.2, 0) is 22.9 Å². The molecule has 0 atom stereocenters. The maximum Gasteiger partial charge on any atom is 0.416 e.